The fourth-order valence-corrected chi connectivity index (χ4v) is 2.18. The highest BCUT2D eigenvalue weighted by Gasteiger charge is 2.10. The molecule has 0 atom stereocenters. The summed E-state index contributed by atoms with van der Waals surface area (Å²) in [6, 6.07) is 4.01. The second kappa shape index (κ2) is 5.32. The lowest BCUT2D eigenvalue weighted by molar-refractivity contribution is 0.112. The molecule has 0 amide bonds. The third-order valence-electron chi connectivity index (χ3n) is 3.09. The minimum Gasteiger partial charge on any atom is -0.382 e. The van der Waals surface area contributed by atoms with Crippen LogP contribution in [0.15, 0.2) is 37.1 Å². The Hall–Kier alpha value is -2.76. The predicted molar refractivity (Wildman–Crippen MR) is 80.8 cm³/mol. The van der Waals surface area contributed by atoms with Crippen molar-refractivity contribution in [2.45, 2.75) is 19.9 Å². The van der Waals surface area contributed by atoms with E-state index in [4.69, 9.17) is 0 Å². The molecule has 0 fully saturated rings. The molecule has 0 aliphatic rings. The summed E-state index contributed by atoms with van der Waals surface area (Å²) < 4.78 is 1.87. The Balaban J connectivity index is 2.12. The second-order valence-electron chi connectivity index (χ2n) is 5.03. The zero-order valence-corrected chi connectivity index (χ0v) is 11.8. The summed E-state index contributed by atoms with van der Waals surface area (Å²) in [4.78, 5) is 23.7. The zero-order chi connectivity index (χ0) is 14.8. The van der Waals surface area contributed by atoms with Crippen LogP contribution in [0, 0.1) is 0 Å². The molecule has 0 unspecified atom stereocenters. The average molecular weight is 281 g/mol. The summed E-state index contributed by atoms with van der Waals surface area (Å²) in [6.07, 6.45) is 7.52. The third kappa shape index (κ3) is 2.47. The molecule has 3 rings (SSSR count). The van der Waals surface area contributed by atoms with Crippen LogP contribution < -0.4 is 5.32 Å². The predicted octanol–water partition coefficient (Wildman–Crippen LogP) is 2.45. The van der Waals surface area contributed by atoms with Crippen molar-refractivity contribution in [3.8, 4) is 5.82 Å². The number of hydrogen-bond donors (Lipinski definition) is 1. The number of rotatable bonds is 4. The molecular formula is C15H15N5O. The maximum Gasteiger partial charge on any atom is 0.153 e. The Bertz CT molecular complexity index is 794. The van der Waals surface area contributed by atoms with Gasteiger partial charge in [0.15, 0.2) is 6.29 Å². The fraction of sp³-hybridized carbons (Fsp3) is 0.200. The number of aromatic nitrogens is 4. The van der Waals surface area contributed by atoms with E-state index in [0.717, 1.165) is 23.0 Å². The molecule has 0 saturated carbocycles. The lowest BCUT2D eigenvalue weighted by Crippen LogP contribution is -2.12. The number of carbonyl (C=O) groups excluding carboxylic acids is 1. The zero-order valence-electron chi connectivity index (χ0n) is 11.8. The number of aldehydes is 1. The molecule has 3 heterocycles. The van der Waals surface area contributed by atoms with Crippen molar-refractivity contribution in [2.24, 2.45) is 0 Å². The SMILES string of the molecule is CC(C)Nc1cc(-n2ccc3cncnc32)ncc1C=O. The smallest absolute Gasteiger partial charge is 0.153 e. The first-order valence-electron chi connectivity index (χ1n) is 6.68. The molecule has 0 aliphatic heterocycles. The van der Waals surface area contributed by atoms with Crippen LogP contribution in [0.5, 0.6) is 0 Å². The molecule has 0 radical (unpaired) electrons. The van der Waals surface area contributed by atoms with Crippen LogP contribution in [0.2, 0.25) is 0 Å². The summed E-state index contributed by atoms with van der Waals surface area (Å²) in [5.74, 6) is 0.706. The van der Waals surface area contributed by atoms with Gasteiger partial charge in [0.25, 0.3) is 0 Å². The van der Waals surface area contributed by atoms with Gasteiger partial charge in [0.2, 0.25) is 0 Å². The van der Waals surface area contributed by atoms with Crippen molar-refractivity contribution < 1.29 is 4.79 Å². The number of fused-ring (bicyclic) bond motifs is 1. The van der Waals surface area contributed by atoms with Gasteiger partial charge in [-0.15, -0.1) is 0 Å². The lowest BCUT2D eigenvalue weighted by atomic mass is 10.2. The van der Waals surface area contributed by atoms with E-state index < -0.39 is 0 Å². The quantitative estimate of drug-likeness (QED) is 0.744. The standard InChI is InChI=1S/C15H15N5O/c1-10(2)19-13-5-14(17-7-12(13)8-21)20-4-3-11-6-16-9-18-15(11)20/h3-10H,1-2H3,(H,17,19). The largest absolute Gasteiger partial charge is 0.382 e. The second-order valence-corrected chi connectivity index (χ2v) is 5.03. The van der Waals surface area contributed by atoms with Gasteiger partial charge < -0.3 is 5.32 Å². The molecule has 6 heteroatoms. The first-order valence-corrected chi connectivity index (χ1v) is 6.68. The molecule has 3 aromatic rings. The van der Waals surface area contributed by atoms with Gasteiger partial charge in [0, 0.05) is 36.1 Å². The minimum absolute atomic E-state index is 0.225. The van der Waals surface area contributed by atoms with Crippen LogP contribution in [-0.2, 0) is 0 Å². The van der Waals surface area contributed by atoms with Gasteiger partial charge in [0.1, 0.15) is 17.8 Å². The van der Waals surface area contributed by atoms with Crippen LogP contribution in [0.25, 0.3) is 16.9 Å². The van der Waals surface area contributed by atoms with Crippen molar-refractivity contribution in [1.29, 1.82) is 0 Å². The highest BCUT2D eigenvalue weighted by molar-refractivity contribution is 5.84. The van der Waals surface area contributed by atoms with Crippen LogP contribution in [-0.4, -0.2) is 31.8 Å². The summed E-state index contributed by atoms with van der Waals surface area (Å²) >= 11 is 0. The van der Waals surface area contributed by atoms with Gasteiger partial charge in [-0.1, -0.05) is 0 Å². The van der Waals surface area contributed by atoms with Gasteiger partial charge in [0.05, 0.1) is 11.3 Å². The van der Waals surface area contributed by atoms with E-state index in [9.17, 15) is 4.79 Å². The van der Waals surface area contributed by atoms with E-state index in [1.807, 2.05) is 36.7 Å². The Labute approximate surface area is 121 Å². The molecule has 0 spiro atoms. The molecule has 1 N–H and O–H groups in total. The normalized spacial score (nSPS) is 11.0. The minimum atomic E-state index is 0.225. The molecule has 0 aromatic carbocycles. The highest BCUT2D eigenvalue weighted by Crippen LogP contribution is 2.21. The summed E-state index contributed by atoms with van der Waals surface area (Å²) in [6.45, 7) is 4.04. The van der Waals surface area contributed by atoms with Crippen molar-refractivity contribution in [3.05, 3.63) is 42.6 Å². The topological polar surface area (TPSA) is 72.7 Å². The van der Waals surface area contributed by atoms with Crippen molar-refractivity contribution in [3.63, 3.8) is 0 Å². The number of carbonyl (C=O) groups is 1. The van der Waals surface area contributed by atoms with Crippen LogP contribution in [0.3, 0.4) is 0 Å². The molecule has 106 valence electrons. The van der Waals surface area contributed by atoms with Crippen LogP contribution in [0.4, 0.5) is 5.69 Å². The summed E-state index contributed by atoms with van der Waals surface area (Å²) in [7, 11) is 0. The fourth-order valence-electron chi connectivity index (χ4n) is 2.18. The maximum atomic E-state index is 11.1. The Morgan fingerprint density at radius 1 is 1.29 bits per heavy atom. The maximum absolute atomic E-state index is 11.1. The molecule has 0 bridgehead atoms. The summed E-state index contributed by atoms with van der Waals surface area (Å²) in [5.41, 5.74) is 2.09. The Morgan fingerprint density at radius 2 is 2.14 bits per heavy atom. The molecule has 0 saturated heterocycles. The van der Waals surface area contributed by atoms with E-state index in [1.165, 1.54) is 6.33 Å². The van der Waals surface area contributed by atoms with Gasteiger partial charge >= 0.3 is 0 Å². The highest BCUT2D eigenvalue weighted by atomic mass is 16.1. The van der Waals surface area contributed by atoms with Gasteiger partial charge in [-0.05, 0) is 19.9 Å². The first kappa shape index (κ1) is 13.2. The lowest BCUT2D eigenvalue weighted by Gasteiger charge is -2.13. The molecule has 0 aliphatic carbocycles. The van der Waals surface area contributed by atoms with E-state index in [0.29, 0.717) is 11.4 Å². The number of nitrogens with zero attached hydrogens (tertiary/aromatic N) is 4. The van der Waals surface area contributed by atoms with E-state index in [-0.39, 0.29) is 6.04 Å². The Morgan fingerprint density at radius 3 is 2.90 bits per heavy atom. The number of pyridine rings is 1. The van der Waals surface area contributed by atoms with E-state index in [1.54, 1.807) is 12.4 Å². The van der Waals surface area contributed by atoms with Crippen molar-refractivity contribution in [2.75, 3.05) is 5.32 Å². The average Bonchev–Trinajstić information content (AvgIpc) is 2.90. The molecule has 6 nitrogen and oxygen atoms in total. The summed E-state index contributed by atoms with van der Waals surface area (Å²) in [5, 5.41) is 4.20. The van der Waals surface area contributed by atoms with Gasteiger partial charge in [-0.3, -0.25) is 9.36 Å². The van der Waals surface area contributed by atoms with E-state index >= 15 is 0 Å². The number of hydrogen-bond acceptors (Lipinski definition) is 5. The van der Waals surface area contributed by atoms with Gasteiger partial charge in [-0.2, -0.15) is 0 Å². The molecule has 21 heavy (non-hydrogen) atoms. The monoisotopic (exact) mass is 281 g/mol. The molecule has 3 aromatic heterocycles. The van der Waals surface area contributed by atoms with E-state index in [2.05, 4.69) is 20.3 Å². The Kier molecular flexibility index (Phi) is 3.35. The first-order chi connectivity index (χ1) is 10.2. The molecular weight excluding hydrogens is 266 g/mol. The van der Waals surface area contributed by atoms with Crippen molar-refractivity contribution >= 4 is 23.0 Å². The van der Waals surface area contributed by atoms with Crippen molar-refractivity contribution in [1.82, 2.24) is 19.5 Å². The van der Waals surface area contributed by atoms with Crippen LogP contribution in [0.1, 0.15) is 24.2 Å². The number of anilines is 1. The third-order valence-corrected chi connectivity index (χ3v) is 3.09. The van der Waals surface area contributed by atoms with Crippen LogP contribution >= 0.6 is 0 Å². The van der Waals surface area contributed by atoms with Gasteiger partial charge in [-0.25, -0.2) is 15.0 Å². The number of nitrogens with one attached hydrogen (secondary N) is 1.